The first kappa shape index (κ1) is 15.8. The minimum Gasteiger partial charge on any atom is -0.465 e. The van der Waals surface area contributed by atoms with Crippen LogP contribution < -0.4 is 0 Å². The van der Waals surface area contributed by atoms with E-state index in [1.807, 2.05) is 32.0 Å². The fourth-order valence-corrected chi connectivity index (χ4v) is 2.67. The number of hydrogen-bond acceptors (Lipinski definition) is 3. The molecule has 0 bridgehead atoms. The molecule has 0 fully saturated rings. The van der Waals surface area contributed by atoms with Crippen molar-refractivity contribution in [3.63, 3.8) is 0 Å². The molecule has 0 aliphatic rings. The fraction of sp³-hybridized carbons (Fsp3) is 0.211. The normalized spacial score (nSPS) is 13.0. The summed E-state index contributed by atoms with van der Waals surface area (Å²) < 4.78 is 4.72. The maximum absolute atomic E-state index is 11.7. The number of aryl methyl sites for hydroxylation is 2. The molecule has 22 heavy (non-hydrogen) atoms. The smallest absolute Gasteiger partial charge is 0.337 e. The molecule has 1 atom stereocenters. The Kier molecular flexibility index (Phi) is 4.35. The van der Waals surface area contributed by atoms with Gasteiger partial charge in [-0.1, -0.05) is 36.3 Å². The van der Waals surface area contributed by atoms with Gasteiger partial charge >= 0.3 is 5.97 Å². The summed E-state index contributed by atoms with van der Waals surface area (Å²) in [6, 6.07) is 12.3. The molecule has 0 aromatic heterocycles. The van der Waals surface area contributed by atoms with E-state index in [2.05, 4.69) is 5.92 Å². The number of terminal acetylenes is 1. The number of carbonyl (C=O) groups excluding carboxylic acids is 1. The molecule has 0 spiro atoms. The van der Waals surface area contributed by atoms with Crippen molar-refractivity contribution in [3.8, 4) is 12.3 Å². The van der Waals surface area contributed by atoms with Crippen LogP contribution in [0.5, 0.6) is 0 Å². The van der Waals surface area contributed by atoms with Gasteiger partial charge < -0.3 is 9.84 Å². The third kappa shape index (κ3) is 2.61. The van der Waals surface area contributed by atoms with E-state index >= 15 is 0 Å². The molecule has 0 heterocycles. The van der Waals surface area contributed by atoms with Crippen molar-refractivity contribution >= 4 is 5.97 Å². The van der Waals surface area contributed by atoms with Crippen molar-refractivity contribution in [2.75, 3.05) is 7.11 Å². The SMILES string of the molecule is C#CC(O)(c1cccc(C(=O)OC)c1)c1c(C)cccc1C. The number of aliphatic hydroxyl groups is 1. The van der Waals surface area contributed by atoms with E-state index in [1.54, 1.807) is 24.3 Å². The molecule has 1 N–H and O–H groups in total. The first-order valence-corrected chi connectivity index (χ1v) is 6.89. The predicted molar refractivity (Wildman–Crippen MR) is 85.5 cm³/mol. The number of esters is 1. The van der Waals surface area contributed by atoms with E-state index in [1.165, 1.54) is 7.11 Å². The second-order valence-electron chi connectivity index (χ2n) is 5.19. The number of benzene rings is 2. The lowest BCUT2D eigenvalue weighted by Gasteiger charge is -2.27. The number of ether oxygens (including phenoxy) is 1. The van der Waals surface area contributed by atoms with E-state index in [-0.39, 0.29) is 0 Å². The van der Waals surface area contributed by atoms with Crippen LogP contribution in [0.2, 0.25) is 0 Å². The Balaban J connectivity index is 2.66. The lowest BCUT2D eigenvalue weighted by Crippen LogP contribution is -2.27. The summed E-state index contributed by atoms with van der Waals surface area (Å²) >= 11 is 0. The van der Waals surface area contributed by atoms with Crippen molar-refractivity contribution in [1.29, 1.82) is 0 Å². The number of carbonyl (C=O) groups is 1. The Morgan fingerprint density at radius 3 is 2.32 bits per heavy atom. The van der Waals surface area contributed by atoms with Crippen LogP contribution >= 0.6 is 0 Å². The first-order valence-electron chi connectivity index (χ1n) is 6.89. The van der Waals surface area contributed by atoms with Crippen LogP contribution in [0.1, 0.15) is 32.6 Å². The standard InChI is InChI=1S/C19H18O3/c1-5-19(21,17-13(2)8-6-9-14(17)3)16-11-7-10-15(12-16)18(20)22-4/h1,6-12,21H,2-4H3. The molecule has 3 nitrogen and oxygen atoms in total. The van der Waals surface area contributed by atoms with E-state index in [0.717, 1.165) is 11.1 Å². The van der Waals surface area contributed by atoms with Crippen molar-refractivity contribution < 1.29 is 14.6 Å². The molecule has 2 rings (SSSR count). The quantitative estimate of drug-likeness (QED) is 0.699. The van der Waals surface area contributed by atoms with Gasteiger partial charge in [0.15, 0.2) is 5.60 Å². The van der Waals surface area contributed by atoms with Gasteiger partial charge in [0, 0.05) is 11.1 Å². The molecule has 0 saturated heterocycles. The highest BCUT2D eigenvalue weighted by molar-refractivity contribution is 5.89. The Morgan fingerprint density at radius 1 is 1.18 bits per heavy atom. The topological polar surface area (TPSA) is 46.5 Å². The average molecular weight is 294 g/mol. The molecule has 2 aromatic carbocycles. The lowest BCUT2D eigenvalue weighted by molar-refractivity contribution is 0.0600. The van der Waals surface area contributed by atoms with Gasteiger partial charge in [-0.2, -0.15) is 0 Å². The van der Waals surface area contributed by atoms with Crippen LogP contribution in [0, 0.1) is 26.2 Å². The van der Waals surface area contributed by atoms with Crippen LogP contribution in [0.15, 0.2) is 42.5 Å². The van der Waals surface area contributed by atoms with Gasteiger partial charge in [-0.25, -0.2) is 4.79 Å². The zero-order valence-electron chi connectivity index (χ0n) is 12.9. The highest BCUT2D eigenvalue weighted by atomic mass is 16.5. The zero-order valence-corrected chi connectivity index (χ0v) is 12.9. The molecule has 0 radical (unpaired) electrons. The summed E-state index contributed by atoms with van der Waals surface area (Å²) in [6.45, 7) is 3.80. The van der Waals surface area contributed by atoms with E-state index in [9.17, 15) is 9.90 Å². The Hall–Kier alpha value is -2.57. The summed E-state index contributed by atoms with van der Waals surface area (Å²) in [5.74, 6) is 2.01. The zero-order chi connectivity index (χ0) is 16.3. The molecule has 0 aliphatic heterocycles. The second kappa shape index (κ2) is 6.05. The molecule has 3 heteroatoms. The van der Waals surface area contributed by atoms with Crippen LogP contribution in [0.3, 0.4) is 0 Å². The van der Waals surface area contributed by atoms with Gasteiger partial charge in [0.05, 0.1) is 12.7 Å². The molecule has 0 amide bonds. The van der Waals surface area contributed by atoms with E-state index in [0.29, 0.717) is 16.7 Å². The highest BCUT2D eigenvalue weighted by Crippen LogP contribution is 2.34. The number of rotatable bonds is 3. The molecule has 2 aromatic rings. The van der Waals surface area contributed by atoms with Crippen molar-refractivity contribution in [1.82, 2.24) is 0 Å². The van der Waals surface area contributed by atoms with Gasteiger partial charge in [0.25, 0.3) is 0 Å². The highest BCUT2D eigenvalue weighted by Gasteiger charge is 2.32. The van der Waals surface area contributed by atoms with Crippen LogP contribution in [0.25, 0.3) is 0 Å². The third-order valence-electron chi connectivity index (χ3n) is 3.75. The second-order valence-corrected chi connectivity index (χ2v) is 5.19. The van der Waals surface area contributed by atoms with Crippen molar-refractivity contribution in [2.45, 2.75) is 19.4 Å². The minimum absolute atomic E-state index is 0.347. The Bertz CT molecular complexity index is 735. The largest absolute Gasteiger partial charge is 0.465 e. The molecule has 1 unspecified atom stereocenters. The molecular weight excluding hydrogens is 276 g/mol. The summed E-state index contributed by atoms with van der Waals surface area (Å²) in [5.41, 5.74) is 1.67. The van der Waals surface area contributed by atoms with Crippen LogP contribution in [-0.2, 0) is 10.3 Å². The minimum atomic E-state index is -1.60. The first-order chi connectivity index (χ1) is 10.4. The summed E-state index contributed by atoms with van der Waals surface area (Å²) in [6.07, 6.45) is 5.65. The molecule has 0 saturated carbocycles. The van der Waals surface area contributed by atoms with E-state index in [4.69, 9.17) is 11.2 Å². The Labute approximate surface area is 130 Å². The maximum atomic E-state index is 11.7. The molecular formula is C19H18O3. The fourth-order valence-electron chi connectivity index (χ4n) is 2.67. The van der Waals surface area contributed by atoms with Gasteiger partial charge in [-0.05, 0) is 37.1 Å². The average Bonchev–Trinajstić information content (AvgIpc) is 2.53. The predicted octanol–water partition coefficient (Wildman–Crippen LogP) is 2.96. The van der Waals surface area contributed by atoms with Crippen LogP contribution in [0.4, 0.5) is 0 Å². The van der Waals surface area contributed by atoms with Gasteiger partial charge in [0.2, 0.25) is 0 Å². The number of hydrogen-bond donors (Lipinski definition) is 1. The molecule has 112 valence electrons. The van der Waals surface area contributed by atoms with E-state index < -0.39 is 11.6 Å². The van der Waals surface area contributed by atoms with Gasteiger partial charge in [-0.15, -0.1) is 6.42 Å². The monoisotopic (exact) mass is 294 g/mol. The lowest BCUT2D eigenvalue weighted by atomic mass is 9.81. The molecule has 0 aliphatic carbocycles. The number of methoxy groups -OCH3 is 1. The Morgan fingerprint density at radius 2 is 1.77 bits per heavy atom. The summed E-state index contributed by atoms with van der Waals surface area (Å²) in [7, 11) is 1.31. The third-order valence-corrected chi connectivity index (χ3v) is 3.75. The van der Waals surface area contributed by atoms with Crippen molar-refractivity contribution in [2.24, 2.45) is 0 Å². The van der Waals surface area contributed by atoms with Gasteiger partial charge in [-0.3, -0.25) is 0 Å². The van der Waals surface area contributed by atoms with Crippen molar-refractivity contribution in [3.05, 3.63) is 70.3 Å². The van der Waals surface area contributed by atoms with Crippen LogP contribution in [-0.4, -0.2) is 18.2 Å². The van der Waals surface area contributed by atoms with Gasteiger partial charge in [0.1, 0.15) is 0 Å². The maximum Gasteiger partial charge on any atom is 0.337 e. The summed E-state index contributed by atoms with van der Waals surface area (Å²) in [5, 5.41) is 11.1. The summed E-state index contributed by atoms with van der Waals surface area (Å²) in [4.78, 5) is 11.7.